The summed E-state index contributed by atoms with van der Waals surface area (Å²) >= 11 is 5.10. The fourth-order valence-corrected chi connectivity index (χ4v) is 2.33. The first-order valence-electron chi connectivity index (χ1n) is 4.22. The zero-order valence-corrected chi connectivity index (χ0v) is 10.1. The SMILES string of the molecule is CCO/N=C(\CC)c1ccc(Br)s1. The van der Waals surface area contributed by atoms with Crippen molar-refractivity contribution >= 4 is 33.0 Å². The van der Waals surface area contributed by atoms with Crippen LogP contribution in [-0.4, -0.2) is 12.3 Å². The molecule has 0 saturated carbocycles. The summed E-state index contributed by atoms with van der Waals surface area (Å²) in [6, 6.07) is 4.08. The summed E-state index contributed by atoms with van der Waals surface area (Å²) in [6.07, 6.45) is 0.896. The maximum Gasteiger partial charge on any atom is 0.114 e. The Morgan fingerprint density at radius 3 is 2.77 bits per heavy atom. The molecule has 1 aromatic rings. The zero-order chi connectivity index (χ0) is 9.68. The molecule has 0 aromatic carbocycles. The topological polar surface area (TPSA) is 21.6 Å². The van der Waals surface area contributed by atoms with Crippen LogP contribution >= 0.6 is 27.3 Å². The van der Waals surface area contributed by atoms with Gasteiger partial charge in [0, 0.05) is 0 Å². The second kappa shape index (κ2) is 5.40. The Balaban J connectivity index is 2.77. The van der Waals surface area contributed by atoms with Crippen molar-refractivity contribution in [3.05, 3.63) is 20.8 Å². The predicted octanol–water partition coefficient (Wildman–Crippen LogP) is 3.66. The number of nitrogens with zero attached hydrogens (tertiary/aromatic N) is 1. The standard InChI is InChI=1S/C9H12BrNOS/c1-3-7(11-12-4-2)8-5-6-9(10)13-8/h5-6H,3-4H2,1-2H3/b11-7+. The van der Waals surface area contributed by atoms with E-state index in [0.29, 0.717) is 6.61 Å². The normalized spacial score (nSPS) is 11.8. The number of hydrogen-bond donors (Lipinski definition) is 0. The molecule has 1 aromatic heterocycles. The van der Waals surface area contributed by atoms with Gasteiger partial charge in [0.1, 0.15) is 6.61 Å². The zero-order valence-electron chi connectivity index (χ0n) is 7.71. The Hall–Kier alpha value is -0.350. The molecule has 72 valence electrons. The van der Waals surface area contributed by atoms with Crippen LogP contribution in [0, 0.1) is 0 Å². The van der Waals surface area contributed by atoms with Gasteiger partial charge in [-0.25, -0.2) is 0 Å². The molecule has 0 radical (unpaired) electrons. The first kappa shape index (κ1) is 10.7. The van der Waals surface area contributed by atoms with Gasteiger partial charge in [0.05, 0.1) is 14.4 Å². The lowest BCUT2D eigenvalue weighted by atomic mass is 10.2. The lowest BCUT2D eigenvalue weighted by Crippen LogP contribution is -1.97. The number of rotatable bonds is 4. The molecule has 0 aliphatic rings. The Morgan fingerprint density at radius 1 is 1.54 bits per heavy atom. The molecule has 0 spiro atoms. The van der Waals surface area contributed by atoms with Crippen molar-refractivity contribution in [1.29, 1.82) is 0 Å². The van der Waals surface area contributed by atoms with Crippen molar-refractivity contribution in [3.8, 4) is 0 Å². The maximum absolute atomic E-state index is 5.03. The second-order valence-corrected chi connectivity index (χ2v) is 4.88. The monoisotopic (exact) mass is 261 g/mol. The van der Waals surface area contributed by atoms with Gasteiger partial charge in [0.2, 0.25) is 0 Å². The third kappa shape index (κ3) is 3.12. The highest BCUT2D eigenvalue weighted by atomic mass is 79.9. The van der Waals surface area contributed by atoms with E-state index in [0.717, 1.165) is 15.9 Å². The van der Waals surface area contributed by atoms with E-state index in [4.69, 9.17) is 4.84 Å². The molecule has 0 aliphatic heterocycles. The molecule has 0 bridgehead atoms. The number of oxime groups is 1. The summed E-state index contributed by atoms with van der Waals surface area (Å²) in [4.78, 5) is 6.20. The highest BCUT2D eigenvalue weighted by molar-refractivity contribution is 9.11. The molecule has 0 saturated heterocycles. The van der Waals surface area contributed by atoms with Gasteiger partial charge in [0.15, 0.2) is 0 Å². The summed E-state index contributed by atoms with van der Waals surface area (Å²) in [7, 11) is 0. The van der Waals surface area contributed by atoms with Gasteiger partial charge in [-0.2, -0.15) is 0 Å². The molecule has 0 atom stereocenters. The molecule has 13 heavy (non-hydrogen) atoms. The van der Waals surface area contributed by atoms with E-state index in [1.54, 1.807) is 11.3 Å². The van der Waals surface area contributed by atoms with Gasteiger partial charge >= 0.3 is 0 Å². The summed E-state index contributed by atoms with van der Waals surface area (Å²) in [5.74, 6) is 0. The summed E-state index contributed by atoms with van der Waals surface area (Å²) in [5.41, 5.74) is 1.01. The molecular formula is C9H12BrNOS. The average Bonchev–Trinajstić information content (AvgIpc) is 2.54. The third-order valence-corrected chi connectivity index (χ3v) is 3.17. The van der Waals surface area contributed by atoms with Crippen LogP contribution in [0.4, 0.5) is 0 Å². The van der Waals surface area contributed by atoms with Crippen LogP contribution in [0.3, 0.4) is 0 Å². The molecule has 4 heteroatoms. The quantitative estimate of drug-likeness (QED) is 0.599. The first-order chi connectivity index (χ1) is 6.27. The summed E-state index contributed by atoms with van der Waals surface area (Å²) < 4.78 is 1.13. The number of thiophene rings is 1. The minimum atomic E-state index is 0.621. The van der Waals surface area contributed by atoms with Crippen molar-refractivity contribution in [2.45, 2.75) is 20.3 Å². The average molecular weight is 262 g/mol. The first-order valence-corrected chi connectivity index (χ1v) is 5.83. The highest BCUT2D eigenvalue weighted by Crippen LogP contribution is 2.23. The molecule has 1 rings (SSSR count). The Morgan fingerprint density at radius 2 is 2.31 bits per heavy atom. The third-order valence-electron chi connectivity index (χ3n) is 1.50. The fraction of sp³-hybridized carbons (Fsp3) is 0.444. The molecule has 0 N–H and O–H groups in total. The summed E-state index contributed by atoms with van der Waals surface area (Å²) in [5, 5.41) is 4.05. The van der Waals surface area contributed by atoms with E-state index in [1.807, 2.05) is 13.0 Å². The molecule has 2 nitrogen and oxygen atoms in total. The molecule has 0 fully saturated rings. The predicted molar refractivity (Wildman–Crippen MR) is 60.5 cm³/mol. The lowest BCUT2D eigenvalue weighted by Gasteiger charge is -1.99. The largest absolute Gasteiger partial charge is 0.396 e. The van der Waals surface area contributed by atoms with Gasteiger partial charge in [-0.05, 0) is 41.4 Å². The van der Waals surface area contributed by atoms with Crippen molar-refractivity contribution in [1.82, 2.24) is 0 Å². The van der Waals surface area contributed by atoms with E-state index in [1.165, 1.54) is 4.88 Å². The van der Waals surface area contributed by atoms with Crippen molar-refractivity contribution in [3.63, 3.8) is 0 Å². The molecular weight excluding hydrogens is 250 g/mol. The van der Waals surface area contributed by atoms with Crippen molar-refractivity contribution in [2.75, 3.05) is 6.61 Å². The molecule has 1 heterocycles. The van der Waals surface area contributed by atoms with Crippen molar-refractivity contribution in [2.24, 2.45) is 5.16 Å². The van der Waals surface area contributed by atoms with Crippen LogP contribution in [0.5, 0.6) is 0 Å². The Labute approximate surface area is 90.7 Å². The van der Waals surface area contributed by atoms with Gasteiger partial charge in [-0.1, -0.05) is 12.1 Å². The van der Waals surface area contributed by atoms with Crippen LogP contribution in [-0.2, 0) is 4.84 Å². The van der Waals surface area contributed by atoms with Gasteiger partial charge < -0.3 is 4.84 Å². The number of halogens is 1. The molecule has 0 amide bonds. The molecule has 0 unspecified atom stereocenters. The molecule has 0 aliphatic carbocycles. The van der Waals surface area contributed by atoms with Crippen LogP contribution in [0.15, 0.2) is 21.1 Å². The highest BCUT2D eigenvalue weighted by Gasteiger charge is 2.04. The van der Waals surface area contributed by atoms with E-state index in [-0.39, 0.29) is 0 Å². The van der Waals surface area contributed by atoms with Gasteiger partial charge in [-0.15, -0.1) is 11.3 Å². The summed E-state index contributed by atoms with van der Waals surface area (Å²) in [6.45, 7) is 4.63. The van der Waals surface area contributed by atoms with Crippen LogP contribution in [0.25, 0.3) is 0 Å². The van der Waals surface area contributed by atoms with Crippen LogP contribution in [0.1, 0.15) is 25.1 Å². The minimum Gasteiger partial charge on any atom is -0.396 e. The lowest BCUT2D eigenvalue weighted by molar-refractivity contribution is 0.158. The van der Waals surface area contributed by atoms with E-state index >= 15 is 0 Å². The maximum atomic E-state index is 5.03. The van der Waals surface area contributed by atoms with E-state index in [2.05, 4.69) is 34.1 Å². The Bertz CT molecular complexity index is 296. The van der Waals surface area contributed by atoms with E-state index in [9.17, 15) is 0 Å². The second-order valence-electron chi connectivity index (χ2n) is 2.41. The van der Waals surface area contributed by atoms with Gasteiger partial charge in [0.25, 0.3) is 0 Å². The fourth-order valence-electron chi connectivity index (χ4n) is 0.896. The smallest absolute Gasteiger partial charge is 0.114 e. The van der Waals surface area contributed by atoms with Crippen LogP contribution in [0.2, 0.25) is 0 Å². The van der Waals surface area contributed by atoms with Gasteiger partial charge in [-0.3, -0.25) is 0 Å². The Kier molecular flexibility index (Phi) is 4.45. The number of hydrogen-bond acceptors (Lipinski definition) is 3. The van der Waals surface area contributed by atoms with Crippen LogP contribution < -0.4 is 0 Å². The van der Waals surface area contributed by atoms with Crippen molar-refractivity contribution < 1.29 is 4.84 Å². The van der Waals surface area contributed by atoms with E-state index < -0.39 is 0 Å². The minimum absolute atomic E-state index is 0.621.